The molecule has 0 fully saturated rings. The van der Waals surface area contributed by atoms with E-state index >= 15 is 0 Å². The zero-order valence-corrected chi connectivity index (χ0v) is 15.6. The second-order valence-corrected chi connectivity index (χ2v) is 7.82. The molecule has 0 radical (unpaired) electrons. The van der Waals surface area contributed by atoms with E-state index in [0.29, 0.717) is 17.0 Å². The predicted molar refractivity (Wildman–Crippen MR) is 97.4 cm³/mol. The van der Waals surface area contributed by atoms with Crippen LogP contribution >= 0.6 is 0 Å². The van der Waals surface area contributed by atoms with E-state index in [4.69, 9.17) is 4.74 Å². The van der Waals surface area contributed by atoms with Crippen LogP contribution in [0.1, 0.15) is 11.1 Å². The van der Waals surface area contributed by atoms with Crippen LogP contribution in [-0.4, -0.2) is 39.3 Å². The minimum Gasteiger partial charge on any atom is -0.497 e. The molecule has 0 aliphatic heterocycles. The van der Waals surface area contributed by atoms with Crippen LogP contribution in [0.2, 0.25) is 0 Å². The summed E-state index contributed by atoms with van der Waals surface area (Å²) in [5.74, 6) is 0.179. The molecule has 2 rings (SSSR count). The molecule has 0 saturated carbocycles. The monoisotopic (exact) mass is 362 g/mol. The van der Waals surface area contributed by atoms with Gasteiger partial charge in [-0.1, -0.05) is 18.2 Å². The van der Waals surface area contributed by atoms with Crippen molar-refractivity contribution in [3.63, 3.8) is 0 Å². The number of nitrogens with zero attached hydrogens (tertiary/aromatic N) is 1. The molecule has 0 spiro atoms. The van der Waals surface area contributed by atoms with Gasteiger partial charge in [-0.25, -0.2) is 8.42 Å². The van der Waals surface area contributed by atoms with Crippen molar-refractivity contribution in [2.24, 2.45) is 0 Å². The van der Waals surface area contributed by atoms with Crippen molar-refractivity contribution in [3.8, 4) is 5.75 Å². The Hall–Kier alpha value is -2.38. The van der Waals surface area contributed by atoms with Gasteiger partial charge >= 0.3 is 0 Å². The van der Waals surface area contributed by atoms with E-state index in [2.05, 4.69) is 5.32 Å². The van der Waals surface area contributed by atoms with Gasteiger partial charge in [0.15, 0.2) is 0 Å². The predicted octanol–water partition coefficient (Wildman–Crippen LogP) is 2.57. The van der Waals surface area contributed by atoms with Gasteiger partial charge < -0.3 is 10.1 Å². The Labute approximate surface area is 148 Å². The van der Waals surface area contributed by atoms with Crippen LogP contribution in [0, 0.1) is 13.8 Å². The summed E-state index contributed by atoms with van der Waals surface area (Å²) in [4.78, 5) is 12.4. The fourth-order valence-corrected chi connectivity index (χ4v) is 3.77. The molecule has 6 nitrogen and oxygen atoms in total. The lowest BCUT2D eigenvalue weighted by atomic mass is 10.2. The van der Waals surface area contributed by atoms with Crippen LogP contribution < -0.4 is 10.1 Å². The number of rotatable bonds is 6. The molecule has 0 heterocycles. The number of sulfonamides is 1. The number of benzene rings is 2. The number of methoxy groups -OCH3 is 1. The topological polar surface area (TPSA) is 75.7 Å². The average Bonchev–Trinajstić information content (AvgIpc) is 2.56. The van der Waals surface area contributed by atoms with Crippen LogP contribution in [0.4, 0.5) is 5.69 Å². The van der Waals surface area contributed by atoms with Gasteiger partial charge in [-0.15, -0.1) is 0 Å². The highest BCUT2D eigenvalue weighted by molar-refractivity contribution is 7.89. The summed E-state index contributed by atoms with van der Waals surface area (Å²) in [6, 6.07) is 12.1. The Morgan fingerprint density at radius 3 is 2.56 bits per heavy atom. The van der Waals surface area contributed by atoms with Crippen LogP contribution in [0.3, 0.4) is 0 Å². The Morgan fingerprint density at radius 1 is 1.16 bits per heavy atom. The first-order valence-electron chi connectivity index (χ1n) is 7.71. The van der Waals surface area contributed by atoms with Crippen LogP contribution in [-0.2, 0) is 14.8 Å². The SMILES string of the molecule is COc1cccc(NC(=O)CN(C)S(=O)(=O)c2cc(C)ccc2C)c1. The Kier molecular flexibility index (Phi) is 5.81. The maximum absolute atomic E-state index is 12.7. The zero-order valence-electron chi connectivity index (χ0n) is 14.7. The number of amides is 1. The van der Waals surface area contributed by atoms with Gasteiger partial charge in [0.2, 0.25) is 15.9 Å². The number of likely N-dealkylation sites (N-methyl/N-ethyl adjacent to an activating group) is 1. The maximum atomic E-state index is 12.7. The number of carbonyl (C=O) groups excluding carboxylic acids is 1. The molecule has 134 valence electrons. The normalized spacial score (nSPS) is 11.4. The molecular weight excluding hydrogens is 340 g/mol. The van der Waals surface area contributed by atoms with Crippen LogP contribution in [0.15, 0.2) is 47.4 Å². The van der Waals surface area contributed by atoms with Gasteiger partial charge in [0.25, 0.3) is 0 Å². The minimum absolute atomic E-state index is 0.212. The van der Waals surface area contributed by atoms with E-state index in [1.54, 1.807) is 43.3 Å². The van der Waals surface area contributed by atoms with Crippen molar-refractivity contribution >= 4 is 21.6 Å². The van der Waals surface area contributed by atoms with Gasteiger partial charge in [0.05, 0.1) is 18.6 Å². The number of hydrogen-bond acceptors (Lipinski definition) is 4. The molecule has 7 heteroatoms. The van der Waals surface area contributed by atoms with E-state index in [9.17, 15) is 13.2 Å². The molecule has 25 heavy (non-hydrogen) atoms. The fourth-order valence-electron chi connectivity index (χ4n) is 2.34. The standard InChI is InChI=1S/C18H22N2O4S/c1-13-8-9-14(2)17(10-13)25(22,23)20(3)12-18(21)19-15-6-5-7-16(11-15)24-4/h5-11H,12H2,1-4H3,(H,19,21). The molecule has 0 aromatic heterocycles. The van der Waals surface area contributed by atoms with E-state index < -0.39 is 15.9 Å². The third-order valence-corrected chi connectivity index (χ3v) is 5.70. The smallest absolute Gasteiger partial charge is 0.243 e. The molecular formula is C18H22N2O4S. The minimum atomic E-state index is -3.74. The summed E-state index contributed by atoms with van der Waals surface area (Å²) in [5.41, 5.74) is 2.03. The molecule has 2 aromatic rings. The molecule has 0 atom stereocenters. The Morgan fingerprint density at radius 2 is 1.88 bits per heavy atom. The quantitative estimate of drug-likeness (QED) is 0.857. The molecule has 0 aliphatic carbocycles. The van der Waals surface area contributed by atoms with Crippen molar-refractivity contribution in [2.45, 2.75) is 18.7 Å². The first-order valence-corrected chi connectivity index (χ1v) is 9.15. The number of aryl methyl sites for hydroxylation is 2. The molecule has 0 bridgehead atoms. The van der Waals surface area contributed by atoms with E-state index in [1.165, 1.54) is 14.2 Å². The van der Waals surface area contributed by atoms with Gasteiger partial charge in [-0.05, 0) is 43.2 Å². The largest absolute Gasteiger partial charge is 0.497 e. The number of carbonyl (C=O) groups is 1. The van der Waals surface area contributed by atoms with Crippen molar-refractivity contribution in [1.82, 2.24) is 4.31 Å². The Balaban J connectivity index is 2.13. The first kappa shape index (κ1) is 19.0. The van der Waals surface area contributed by atoms with Crippen LogP contribution in [0.25, 0.3) is 0 Å². The molecule has 1 N–H and O–H groups in total. The average molecular weight is 362 g/mol. The van der Waals surface area contributed by atoms with Gasteiger partial charge in [0, 0.05) is 18.8 Å². The number of hydrogen-bond donors (Lipinski definition) is 1. The summed E-state index contributed by atoms with van der Waals surface area (Å²) < 4.78 is 31.6. The highest BCUT2D eigenvalue weighted by atomic mass is 32.2. The van der Waals surface area contributed by atoms with Gasteiger partial charge in [0.1, 0.15) is 5.75 Å². The summed E-state index contributed by atoms with van der Waals surface area (Å²) >= 11 is 0. The second-order valence-electron chi connectivity index (χ2n) is 5.81. The summed E-state index contributed by atoms with van der Waals surface area (Å²) in [6.07, 6.45) is 0. The highest BCUT2D eigenvalue weighted by Gasteiger charge is 2.24. The molecule has 1 amide bonds. The lowest BCUT2D eigenvalue weighted by Gasteiger charge is -2.18. The number of anilines is 1. The van der Waals surface area contributed by atoms with Crippen molar-refractivity contribution in [3.05, 3.63) is 53.6 Å². The Bertz CT molecular complexity index is 878. The lowest BCUT2D eigenvalue weighted by Crippen LogP contribution is -2.35. The first-order chi connectivity index (χ1) is 11.7. The van der Waals surface area contributed by atoms with Crippen molar-refractivity contribution in [1.29, 1.82) is 0 Å². The van der Waals surface area contributed by atoms with Crippen molar-refractivity contribution in [2.75, 3.05) is 26.0 Å². The van der Waals surface area contributed by atoms with E-state index in [1.807, 2.05) is 13.0 Å². The lowest BCUT2D eigenvalue weighted by molar-refractivity contribution is -0.116. The highest BCUT2D eigenvalue weighted by Crippen LogP contribution is 2.21. The van der Waals surface area contributed by atoms with Crippen molar-refractivity contribution < 1.29 is 17.9 Å². The fraction of sp³-hybridized carbons (Fsp3) is 0.278. The maximum Gasteiger partial charge on any atom is 0.243 e. The van der Waals surface area contributed by atoms with Gasteiger partial charge in [-0.3, -0.25) is 4.79 Å². The molecule has 0 unspecified atom stereocenters. The third kappa shape index (κ3) is 4.58. The molecule has 0 aliphatic rings. The third-order valence-electron chi connectivity index (χ3n) is 3.75. The molecule has 0 saturated heterocycles. The number of ether oxygens (including phenoxy) is 1. The van der Waals surface area contributed by atoms with E-state index in [-0.39, 0.29) is 11.4 Å². The van der Waals surface area contributed by atoms with Crippen LogP contribution in [0.5, 0.6) is 5.75 Å². The number of nitrogens with one attached hydrogen (secondary N) is 1. The zero-order chi connectivity index (χ0) is 18.6. The van der Waals surface area contributed by atoms with Gasteiger partial charge in [-0.2, -0.15) is 4.31 Å². The van der Waals surface area contributed by atoms with E-state index in [0.717, 1.165) is 9.87 Å². The summed E-state index contributed by atoms with van der Waals surface area (Å²) in [7, 11) is -0.820. The summed E-state index contributed by atoms with van der Waals surface area (Å²) in [6.45, 7) is 3.28. The summed E-state index contributed by atoms with van der Waals surface area (Å²) in [5, 5.41) is 2.67. The second kappa shape index (κ2) is 7.67. The molecule has 2 aromatic carbocycles.